The normalized spacial score (nSPS) is 25.9. The minimum Gasteiger partial charge on any atom is -0.496 e. The topological polar surface area (TPSA) is 147 Å². The molecule has 5 N–H and O–H groups in total. The van der Waals surface area contributed by atoms with Gasteiger partial charge in [0.15, 0.2) is 0 Å². The van der Waals surface area contributed by atoms with Gasteiger partial charge in [-0.25, -0.2) is 4.39 Å². The molecule has 1 aliphatic carbocycles. The number of hydrogen-bond donors (Lipinski definition) is 5. The lowest BCUT2D eigenvalue weighted by Crippen LogP contribution is -2.56. The molecule has 59 heavy (non-hydrogen) atoms. The number of methoxy groups -OCH3 is 1. The van der Waals surface area contributed by atoms with Crippen LogP contribution in [0.15, 0.2) is 60.7 Å². The highest BCUT2D eigenvalue weighted by Gasteiger charge is 2.51. The molecule has 12 nitrogen and oxygen atoms in total. The zero-order valence-corrected chi connectivity index (χ0v) is 36.6. The SMILES string of the molecule is COc1c(-c2cc(C(=O)N[C@H](CN(C)C)[C@H](O)c3ccccc3)cc(N(C)C)c2)ccc(F)c1CN1O[C@@H](CO)[C@@H]([C@H](C)O)[C@H]1C(=O)N[C@H]1C[C@@H](C)C(C)(C)[C@@H](C)[C@@H]1C. The van der Waals surface area contributed by atoms with Crippen molar-refractivity contribution in [3.8, 4) is 16.9 Å². The van der Waals surface area contributed by atoms with E-state index < -0.39 is 54.6 Å². The highest BCUT2D eigenvalue weighted by molar-refractivity contribution is 5.97. The molecule has 5 rings (SSSR count). The Balaban J connectivity index is 1.50. The van der Waals surface area contributed by atoms with Crippen molar-refractivity contribution in [3.63, 3.8) is 0 Å². The van der Waals surface area contributed by atoms with E-state index in [2.05, 4.69) is 45.3 Å². The molecule has 324 valence electrons. The molecule has 2 fully saturated rings. The van der Waals surface area contributed by atoms with E-state index >= 15 is 4.39 Å². The molecule has 2 aliphatic rings. The highest BCUT2D eigenvalue weighted by atomic mass is 19.1. The third-order valence-electron chi connectivity index (χ3n) is 13.3. The Morgan fingerprint density at radius 3 is 2.31 bits per heavy atom. The van der Waals surface area contributed by atoms with Crippen LogP contribution < -0.4 is 20.3 Å². The Kier molecular flexibility index (Phi) is 14.9. The maximum atomic E-state index is 16.1. The van der Waals surface area contributed by atoms with Crippen LogP contribution >= 0.6 is 0 Å². The van der Waals surface area contributed by atoms with Crippen LogP contribution in [-0.4, -0.2) is 116 Å². The number of halogens is 1. The number of nitrogens with zero attached hydrogens (tertiary/aromatic N) is 3. The number of benzene rings is 3. The largest absolute Gasteiger partial charge is 0.496 e. The fourth-order valence-corrected chi connectivity index (χ4v) is 8.98. The van der Waals surface area contributed by atoms with Crippen molar-refractivity contribution in [2.75, 3.05) is 53.4 Å². The number of rotatable bonds is 15. The minimum absolute atomic E-state index is 0.0857. The molecule has 0 spiro atoms. The summed E-state index contributed by atoms with van der Waals surface area (Å²) in [5.41, 5.74) is 2.93. The molecule has 1 saturated carbocycles. The number of hydroxylamine groups is 2. The molecule has 0 bridgehead atoms. The smallest absolute Gasteiger partial charge is 0.251 e. The van der Waals surface area contributed by atoms with Crippen molar-refractivity contribution in [1.29, 1.82) is 0 Å². The molecule has 1 aliphatic heterocycles. The monoisotopic (exact) mass is 819 g/mol. The number of nitrogens with one attached hydrogen (secondary N) is 2. The van der Waals surface area contributed by atoms with Crippen LogP contribution in [0, 0.1) is 34.9 Å². The first-order valence-electron chi connectivity index (χ1n) is 20.7. The Labute approximate surface area is 349 Å². The van der Waals surface area contributed by atoms with Crippen LogP contribution in [0.2, 0.25) is 0 Å². The lowest BCUT2D eigenvalue weighted by molar-refractivity contribution is -0.182. The van der Waals surface area contributed by atoms with Gasteiger partial charge >= 0.3 is 0 Å². The first kappa shape index (κ1) is 46.0. The Bertz CT molecular complexity index is 1910. The van der Waals surface area contributed by atoms with Crippen molar-refractivity contribution in [2.24, 2.45) is 29.1 Å². The second kappa shape index (κ2) is 19.1. The molecule has 3 aromatic carbocycles. The average molecular weight is 820 g/mol. The van der Waals surface area contributed by atoms with E-state index in [1.54, 1.807) is 25.1 Å². The average Bonchev–Trinajstić information content (AvgIpc) is 3.58. The molecule has 1 heterocycles. The van der Waals surface area contributed by atoms with Gasteiger partial charge in [-0.15, -0.1) is 0 Å². The summed E-state index contributed by atoms with van der Waals surface area (Å²) in [6.07, 6.45) is -2.14. The number of hydrogen-bond acceptors (Lipinski definition) is 10. The summed E-state index contributed by atoms with van der Waals surface area (Å²) in [4.78, 5) is 38.4. The maximum absolute atomic E-state index is 16.1. The Morgan fingerprint density at radius 2 is 1.71 bits per heavy atom. The van der Waals surface area contributed by atoms with Crippen LogP contribution in [0.5, 0.6) is 5.75 Å². The standard InChI is InChI=1S/C46H66FN5O7/c1-26-19-37(27(2)28(3)46(26,5)6)48-45(57)41-40(29(4)54)39(25-53)59-52(41)23-35-36(47)18-17-34(43(35)58-11)31-20-32(22-33(21-31)51(9)10)44(56)49-38(24-50(7)8)42(55)30-15-13-12-14-16-30/h12-18,20-22,26-29,37-42,53-55H,19,23-25H2,1-11H3,(H,48,57)(H,49,56)/t26-,27+,28+,29+,37+,38-,39+,40-,41+,42-/m1/s1. The summed E-state index contributed by atoms with van der Waals surface area (Å²) in [6.45, 7) is 12.3. The number of carbonyl (C=O) groups is 2. The van der Waals surface area contributed by atoms with Gasteiger partial charge < -0.3 is 40.5 Å². The molecular formula is C46H66FN5O7. The van der Waals surface area contributed by atoms with Crippen molar-refractivity contribution < 1.29 is 38.9 Å². The first-order chi connectivity index (χ1) is 27.8. The van der Waals surface area contributed by atoms with Gasteiger partial charge in [0, 0.05) is 55.0 Å². The molecule has 1 saturated heterocycles. The van der Waals surface area contributed by atoms with Crippen LogP contribution in [-0.2, 0) is 16.2 Å². The highest BCUT2D eigenvalue weighted by Crippen LogP contribution is 2.48. The predicted octanol–water partition coefficient (Wildman–Crippen LogP) is 5.26. The molecule has 0 unspecified atom stereocenters. The second-order valence-corrected chi connectivity index (χ2v) is 17.9. The van der Waals surface area contributed by atoms with Gasteiger partial charge in [0.05, 0.1) is 32.4 Å². The van der Waals surface area contributed by atoms with Gasteiger partial charge in [-0.1, -0.05) is 65.0 Å². The molecule has 3 aromatic rings. The Hall–Kier alpha value is -4.11. The Morgan fingerprint density at radius 1 is 1.03 bits per heavy atom. The van der Waals surface area contributed by atoms with Gasteiger partial charge in [-0.2, -0.15) is 5.06 Å². The molecule has 10 atom stereocenters. The van der Waals surface area contributed by atoms with Gasteiger partial charge in [0.1, 0.15) is 29.8 Å². The van der Waals surface area contributed by atoms with Gasteiger partial charge in [0.25, 0.3) is 5.91 Å². The molecular weight excluding hydrogens is 754 g/mol. The van der Waals surface area contributed by atoms with Crippen molar-refractivity contribution in [1.82, 2.24) is 20.6 Å². The van der Waals surface area contributed by atoms with E-state index in [1.807, 2.05) is 74.4 Å². The summed E-state index contributed by atoms with van der Waals surface area (Å²) in [5.74, 6) is -1.18. The number of carbonyl (C=O) groups excluding carboxylic acids is 2. The second-order valence-electron chi connectivity index (χ2n) is 17.9. The van der Waals surface area contributed by atoms with Crippen molar-refractivity contribution in [3.05, 3.63) is 83.2 Å². The number of amides is 2. The van der Waals surface area contributed by atoms with Gasteiger partial charge in [0.2, 0.25) is 5.91 Å². The number of likely N-dealkylation sites (N-methyl/N-ethyl adjacent to an activating group) is 1. The zero-order chi connectivity index (χ0) is 43.5. The van der Waals surface area contributed by atoms with E-state index in [1.165, 1.54) is 18.2 Å². The van der Waals surface area contributed by atoms with Crippen LogP contribution in [0.4, 0.5) is 10.1 Å². The van der Waals surface area contributed by atoms with Crippen molar-refractivity contribution in [2.45, 2.75) is 90.9 Å². The lowest BCUT2D eigenvalue weighted by Gasteiger charge is -2.50. The maximum Gasteiger partial charge on any atom is 0.251 e. The number of aliphatic hydroxyl groups excluding tert-OH is 3. The summed E-state index contributed by atoms with van der Waals surface area (Å²) in [7, 11) is 8.87. The predicted molar refractivity (Wildman–Crippen MR) is 228 cm³/mol. The lowest BCUT2D eigenvalue weighted by atomic mass is 9.58. The van der Waals surface area contributed by atoms with Crippen molar-refractivity contribution >= 4 is 17.5 Å². The van der Waals surface area contributed by atoms with Gasteiger partial charge in [-0.05, 0) is 92.1 Å². The number of ether oxygens (including phenoxy) is 1. The van der Waals surface area contributed by atoms with E-state index in [0.717, 1.165) is 6.42 Å². The summed E-state index contributed by atoms with van der Waals surface area (Å²) >= 11 is 0. The first-order valence-corrected chi connectivity index (χ1v) is 20.7. The molecule has 2 amide bonds. The zero-order valence-electron chi connectivity index (χ0n) is 36.6. The van der Waals surface area contributed by atoms with E-state index in [9.17, 15) is 24.9 Å². The third-order valence-corrected chi connectivity index (χ3v) is 13.3. The minimum atomic E-state index is -1.05. The quantitative estimate of drug-likeness (QED) is 0.138. The fraction of sp³-hybridized carbons (Fsp3) is 0.565. The third kappa shape index (κ3) is 9.93. The van der Waals surface area contributed by atoms with Crippen LogP contribution in [0.1, 0.15) is 75.6 Å². The van der Waals surface area contributed by atoms with Gasteiger partial charge in [-0.3, -0.25) is 14.4 Å². The molecule has 13 heteroatoms. The van der Waals surface area contributed by atoms with E-state index in [4.69, 9.17) is 9.57 Å². The van der Waals surface area contributed by atoms with Crippen LogP contribution in [0.25, 0.3) is 11.1 Å². The summed E-state index contributed by atoms with van der Waals surface area (Å²) < 4.78 is 22.1. The summed E-state index contributed by atoms with van der Waals surface area (Å²) in [5, 5.41) is 40.4. The van der Waals surface area contributed by atoms with E-state index in [-0.39, 0.29) is 41.1 Å². The fourth-order valence-electron chi connectivity index (χ4n) is 8.98. The summed E-state index contributed by atoms with van der Waals surface area (Å²) in [6, 6.07) is 15.6. The number of anilines is 1. The van der Waals surface area contributed by atoms with E-state index in [0.29, 0.717) is 46.3 Å². The molecule has 0 radical (unpaired) electrons. The molecule has 0 aromatic heterocycles. The van der Waals surface area contributed by atoms with Crippen LogP contribution in [0.3, 0.4) is 0 Å². The number of aliphatic hydroxyl groups is 3.